The number of carbonyl (C=O) groups excluding carboxylic acids is 1. The van der Waals surface area contributed by atoms with Crippen LogP contribution in [0.3, 0.4) is 0 Å². The number of carbonyl (C=O) groups is 1. The van der Waals surface area contributed by atoms with Crippen molar-refractivity contribution < 1.29 is 4.79 Å². The zero-order chi connectivity index (χ0) is 12.6. The van der Waals surface area contributed by atoms with Gasteiger partial charge in [-0.1, -0.05) is 0 Å². The summed E-state index contributed by atoms with van der Waals surface area (Å²) >= 11 is 0. The number of likely N-dealkylation sites (tertiary alicyclic amines) is 1. The third-order valence-corrected chi connectivity index (χ3v) is 3.60. The normalized spacial score (nSPS) is 19.9. The second-order valence-corrected chi connectivity index (χ2v) is 4.82. The summed E-state index contributed by atoms with van der Waals surface area (Å²) in [6.07, 6.45) is 2.21. The molecule has 1 atom stereocenters. The molecule has 1 saturated heterocycles. The van der Waals surface area contributed by atoms with Gasteiger partial charge in [-0.2, -0.15) is 5.10 Å². The minimum Gasteiger partial charge on any atom is -0.396 e. The van der Waals surface area contributed by atoms with E-state index in [0.29, 0.717) is 18.3 Å². The highest BCUT2D eigenvalue weighted by atomic mass is 16.2. The van der Waals surface area contributed by atoms with E-state index in [0.717, 1.165) is 30.8 Å². The Kier molecular flexibility index (Phi) is 3.09. The molecule has 2 rings (SSSR count). The summed E-state index contributed by atoms with van der Waals surface area (Å²) in [5, 5.41) is 4.29. The third kappa shape index (κ3) is 2.14. The van der Waals surface area contributed by atoms with Gasteiger partial charge in [-0.3, -0.25) is 9.48 Å². The molecule has 1 aliphatic rings. The molecule has 0 spiro atoms. The molecule has 17 heavy (non-hydrogen) atoms. The van der Waals surface area contributed by atoms with Gasteiger partial charge in [-0.05, 0) is 33.6 Å². The minimum absolute atomic E-state index is 0.139. The molecule has 1 aromatic rings. The van der Waals surface area contributed by atoms with Gasteiger partial charge in [0.25, 0.3) is 0 Å². The Hall–Kier alpha value is -1.52. The van der Waals surface area contributed by atoms with E-state index in [1.807, 2.05) is 18.7 Å². The highest BCUT2D eigenvalue weighted by molar-refractivity contribution is 5.76. The first-order valence-electron chi connectivity index (χ1n) is 6.09. The van der Waals surface area contributed by atoms with Crippen LogP contribution < -0.4 is 5.73 Å². The molecule has 1 amide bonds. The quantitative estimate of drug-likeness (QED) is 0.836. The number of rotatable bonds is 2. The van der Waals surface area contributed by atoms with Gasteiger partial charge in [0, 0.05) is 12.6 Å². The number of hydrogen-bond donors (Lipinski definition) is 1. The maximum atomic E-state index is 12.1. The van der Waals surface area contributed by atoms with Crippen molar-refractivity contribution in [1.29, 1.82) is 0 Å². The second kappa shape index (κ2) is 4.39. The number of anilines is 1. The van der Waals surface area contributed by atoms with E-state index in [1.165, 1.54) is 0 Å². The number of nitrogen functional groups attached to an aromatic ring is 1. The van der Waals surface area contributed by atoms with Crippen molar-refractivity contribution in [3.8, 4) is 0 Å². The zero-order valence-electron chi connectivity index (χ0n) is 10.7. The molecular weight excluding hydrogens is 216 g/mol. The largest absolute Gasteiger partial charge is 0.396 e. The smallest absolute Gasteiger partial charge is 0.244 e. The maximum Gasteiger partial charge on any atom is 0.244 e. The molecule has 1 fully saturated rings. The average molecular weight is 236 g/mol. The molecule has 1 aliphatic heterocycles. The minimum atomic E-state index is 0.139. The summed E-state index contributed by atoms with van der Waals surface area (Å²) < 4.78 is 1.71. The van der Waals surface area contributed by atoms with Gasteiger partial charge in [0.05, 0.1) is 17.1 Å². The molecule has 5 nitrogen and oxygen atoms in total. The van der Waals surface area contributed by atoms with E-state index in [1.54, 1.807) is 4.68 Å². The van der Waals surface area contributed by atoms with Crippen LogP contribution in [-0.4, -0.2) is 33.2 Å². The van der Waals surface area contributed by atoms with Crippen LogP contribution in [0.4, 0.5) is 5.69 Å². The summed E-state index contributed by atoms with van der Waals surface area (Å²) in [4.78, 5) is 14.1. The maximum absolute atomic E-state index is 12.1. The van der Waals surface area contributed by atoms with Gasteiger partial charge in [-0.25, -0.2) is 0 Å². The van der Waals surface area contributed by atoms with Gasteiger partial charge in [0.15, 0.2) is 0 Å². The Labute approximate surface area is 102 Å². The van der Waals surface area contributed by atoms with Crippen molar-refractivity contribution in [2.75, 3.05) is 12.3 Å². The standard InChI is InChI=1S/C12H20N4O/c1-8-5-4-6-15(8)11(17)7-16-10(3)12(13)9(2)14-16/h8H,4-7,13H2,1-3H3. The molecule has 1 aromatic heterocycles. The third-order valence-electron chi connectivity index (χ3n) is 3.60. The molecule has 0 bridgehead atoms. The van der Waals surface area contributed by atoms with Crippen molar-refractivity contribution in [3.63, 3.8) is 0 Å². The molecule has 94 valence electrons. The molecule has 5 heteroatoms. The lowest BCUT2D eigenvalue weighted by Gasteiger charge is -2.21. The Morgan fingerprint density at radius 3 is 2.71 bits per heavy atom. The van der Waals surface area contributed by atoms with E-state index in [2.05, 4.69) is 12.0 Å². The van der Waals surface area contributed by atoms with Crippen LogP contribution in [0.5, 0.6) is 0 Å². The predicted octanol–water partition coefficient (Wildman–Crippen LogP) is 1.09. The van der Waals surface area contributed by atoms with E-state index in [-0.39, 0.29) is 5.91 Å². The van der Waals surface area contributed by atoms with Crippen LogP contribution in [0.1, 0.15) is 31.2 Å². The van der Waals surface area contributed by atoms with Crippen LogP contribution >= 0.6 is 0 Å². The van der Waals surface area contributed by atoms with Gasteiger partial charge in [0.2, 0.25) is 5.91 Å². The van der Waals surface area contributed by atoms with Crippen LogP contribution in [0.25, 0.3) is 0 Å². The Bertz CT molecular complexity index is 438. The molecule has 2 heterocycles. The predicted molar refractivity (Wildman–Crippen MR) is 66.5 cm³/mol. The molecule has 0 aliphatic carbocycles. The summed E-state index contributed by atoms with van der Waals surface area (Å²) in [5.41, 5.74) is 8.21. The zero-order valence-corrected chi connectivity index (χ0v) is 10.7. The van der Waals surface area contributed by atoms with Crippen LogP contribution in [0, 0.1) is 13.8 Å². The molecule has 1 unspecified atom stereocenters. The van der Waals surface area contributed by atoms with Gasteiger partial charge in [0.1, 0.15) is 6.54 Å². The van der Waals surface area contributed by atoms with Crippen molar-refractivity contribution in [1.82, 2.24) is 14.7 Å². The number of hydrogen-bond acceptors (Lipinski definition) is 3. The number of nitrogens with two attached hydrogens (primary N) is 1. The number of amides is 1. The average Bonchev–Trinajstić information content (AvgIpc) is 2.80. The highest BCUT2D eigenvalue weighted by Gasteiger charge is 2.25. The van der Waals surface area contributed by atoms with E-state index in [9.17, 15) is 4.79 Å². The van der Waals surface area contributed by atoms with E-state index in [4.69, 9.17) is 5.73 Å². The first-order chi connectivity index (χ1) is 8.00. The van der Waals surface area contributed by atoms with Gasteiger partial charge >= 0.3 is 0 Å². The lowest BCUT2D eigenvalue weighted by Crippen LogP contribution is -2.36. The molecule has 0 aromatic carbocycles. The topological polar surface area (TPSA) is 64.2 Å². The lowest BCUT2D eigenvalue weighted by molar-refractivity contribution is -0.132. The van der Waals surface area contributed by atoms with Crippen molar-refractivity contribution in [2.45, 2.75) is 46.2 Å². The number of nitrogens with zero attached hydrogens (tertiary/aromatic N) is 3. The fraction of sp³-hybridized carbons (Fsp3) is 0.667. The SMILES string of the molecule is Cc1nn(CC(=O)N2CCCC2C)c(C)c1N. The fourth-order valence-corrected chi connectivity index (χ4v) is 2.39. The van der Waals surface area contributed by atoms with Crippen molar-refractivity contribution in [3.05, 3.63) is 11.4 Å². The molecule has 0 radical (unpaired) electrons. The summed E-state index contributed by atoms with van der Waals surface area (Å²) in [6, 6.07) is 0.358. The van der Waals surface area contributed by atoms with Crippen molar-refractivity contribution in [2.24, 2.45) is 0 Å². The Morgan fingerprint density at radius 2 is 2.24 bits per heavy atom. The van der Waals surface area contributed by atoms with Crippen molar-refractivity contribution >= 4 is 11.6 Å². The Morgan fingerprint density at radius 1 is 1.53 bits per heavy atom. The van der Waals surface area contributed by atoms with Gasteiger partial charge < -0.3 is 10.6 Å². The highest BCUT2D eigenvalue weighted by Crippen LogP contribution is 2.18. The first kappa shape index (κ1) is 12.0. The van der Waals surface area contributed by atoms with E-state index < -0.39 is 0 Å². The number of aryl methyl sites for hydroxylation is 1. The molecular formula is C12H20N4O. The second-order valence-electron chi connectivity index (χ2n) is 4.82. The van der Waals surface area contributed by atoms with Crippen LogP contribution in [0.2, 0.25) is 0 Å². The monoisotopic (exact) mass is 236 g/mol. The van der Waals surface area contributed by atoms with E-state index >= 15 is 0 Å². The van der Waals surface area contributed by atoms with Crippen LogP contribution in [0.15, 0.2) is 0 Å². The summed E-state index contributed by atoms with van der Waals surface area (Å²) in [6.45, 7) is 7.03. The summed E-state index contributed by atoms with van der Waals surface area (Å²) in [5.74, 6) is 0.139. The van der Waals surface area contributed by atoms with Crippen LogP contribution in [-0.2, 0) is 11.3 Å². The first-order valence-corrected chi connectivity index (χ1v) is 6.09. The van der Waals surface area contributed by atoms with Gasteiger partial charge in [-0.15, -0.1) is 0 Å². The summed E-state index contributed by atoms with van der Waals surface area (Å²) in [7, 11) is 0. The lowest BCUT2D eigenvalue weighted by atomic mass is 10.2. The Balaban J connectivity index is 2.10. The number of aromatic nitrogens is 2. The molecule has 2 N–H and O–H groups in total. The molecule has 0 saturated carbocycles. The fourth-order valence-electron chi connectivity index (χ4n) is 2.39.